The van der Waals surface area contributed by atoms with Crippen molar-refractivity contribution in [3.8, 4) is 0 Å². The summed E-state index contributed by atoms with van der Waals surface area (Å²) in [5, 5.41) is 7.45. The minimum Gasteiger partial charge on any atom is -0.375 e. The van der Waals surface area contributed by atoms with E-state index in [-0.39, 0.29) is 5.11 Å². The van der Waals surface area contributed by atoms with Gasteiger partial charge in [-0.3, -0.25) is 5.43 Å². The molecule has 0 fully saturated rings. The van der Waals surface area contributed by atoms with Crippen LogP contribution >= 0.6 is 12.2 Å². The summed E-state index contributed by atoms with van der Waals surface area (Å²) in [6.07, 6.45) is 1.44. The molecular formula is C6H8N4OS. The molecule has 0 saturated heterocycles. The molecule has 0 atom stereocenters. The fourth-order valence-electron chi connectivity index (χ4n) is 0.604. The maximum absolute atomic E-state index is 5.12. The van der Waals surface area contributed by atoms with Gasteiger partial charge in [0.25, 0.3) is 0 Å². The molecule has 5 nitrogen and oxygen atoms in total. The van der Waals surface area contributed by atoms with Crippen LogP contribution in [0.2, 0.25) is 0 Å². The molecule has 0 bridgehead atoms. The van der Waals surface area contributed by atoms with E-state index in [9.17, 15) is 0 Å². The molecule has 0 spiro atoms. The molecule has 3 N–H and O–H groups in total. The fraction of sp³-hybridized carbons (Fsp3) is 0.167. The van der Waals surface area contributed by atoms with Gasteiger partial charge >= 0.3 is 0 Å². The van der Waals surface area contributed by atoms with Crippen LogP contribution in [0.3, 0.4) is 0 Å². The first kappa shape index (κ1) is 8.66. The molecule has 0 saturated carbocycles. The number of nitrogens with one attached hydrogen (secondary N) is 1. The lowest BCUT2D eigenvalue weighted by Crippen LogP contribution is -2.23. The summed E-state index contributed by atoms with van der Waals surface area (Å²) < 4.78 is 4.82. The van der Waals surface area contributed by atoms with Gasteiger partial charge in [0, 0.05) is 6.07 Å². The first-order chi connectivity index (χ1) is 5.68. The van der Waals surface area contributed by atoms with Gasteiger partial charge in [-0.25, -0.2) is 0 Å². The van der Waals surface area contributed by atoms with E-state index in [0.29, 0.717) is 5.76 Å². The highest BCUT2D eigenvalue weighted by atomic mass is 32.1. The zero-order chi connectivity index (χ0) is 8.97. The Balaban J connectivity index is 2.52. The third-order valence-corrected chi connectivity index (χ3v) is 1.10. The first-order valence-corrected chi connectivity index (χ1v) is 3.61. The van der Waals surface area contributed by atoms with Crippen molar-refractivity contribution in [1.82, 2.24) is 10.6 Å². The Morgan fingerprint density at radius 3 is 3.17 bits per heavy atom. The summed E-state index contributed by atoms with van der Waals surface area (Å²) in [5.74, 6) is 0.552. The van der Waals surface area contributed by atoms with Gasteiger partial charge in [0.2, 0.25) is 0 Å². The predicted molar refractivity (Wildman–Crippen MR) is 48.8 cm³/mol. The third-order valence-electron chi connectivity index (χ3n) is 1.01. The van der Waals surface area contributed by atoms with Crippen LogP contribution in [-0.4, -0.2) is 16.5 Å². The van der Waals surface area contributed by atoms with E-state index in [0.717, 1.165) is 5.69 Å². The summed E-state index contributed by atoms with van der Waals surface area (Å²) in [6, 6.07) is 1.74. The van der Waals surface area contributed by atoms with Crippen molar-refractivity contribution >= 4 is 23.5 Å². The molecule has 0 aliphatic rings. The summed E-state index contributed by atoms with van der Waals surface area (Å²) in [7, 11) is 0. The first-order valence-electron chi connectivity index (χ1n) is 3.20. The van der Waals surface area contributed by atoms with Crippen LogP contribution in [0.1, 0.15) is 11.5 Å². The number of hydrogen-bond donors (Lipinski definition) is 2. The van der Waals surface area contributed by atoms with Gasteiger partial charge in [0.1, 0.15) is 0 Å². The van der Waals surface area contributed by atoms with E-state index in [4.69, 9.17) is 10.3 Å². The van der Waals surface area contributed by atoms with Crippen LogP contribution in [0.5, 0.6) is 0 Å². The molecule has 0 unspecified atom stereocenters. The minimum absolute atomic E-state index is 0.113. The Hall–Kier alpha value is -1.43. The van der Waals surface area contributed by atoms with E-state index in [1.54, 1.807) is 6.07 Å². The SMILES string of the molecule is Cc1cc(/C=N/NC(N)=S)on1. The van der Waals surface area contributed by atoms with Gasteiger partial charge in [-0.05, 0) is 19.1 Å². The quantitative estimate of drug-likeness (QED) is 0.388. The van der Waals surface area contributed by atoms with Crippen LogP contribution in [0.4, 0.5) is 0 Å². The second-order valence-electron chi connectivity index (χ2n) is 2.10. The standard InChI is InChI=1S/C6H8N4OS/c1-4-2-5(11-10-4)3-8-9-6(7)12/h2-3H,1H3,(H3,7,9,12)/b8-3+. The van der Waals surface area contributed by atoms with Crippen LogP contribution in [0.15, 0.2) is 15.7 Å². The lowest BCUT2D eigenvalue weighted by atomic mass is 10.4. The molecule has 0 radical (unpaired) electrons. The van der Waals surface area contributed by atoms with Crippen molar-refractivity contribution in [2.75, 3.05) is 0 Å². The lowest BCUT2D eigenvalue weighted by molar-refractivity contribution is 0.410. The van der Waals surface area contributed by atoms with Crippen molar-refractivity contribution in [2.24, 2.45) is 10.8 Å². The zero-order valence-electron chi connectivity index (χ0n) is 6.44. The zero-order valence-corrected chi connectivity index (χ0v) is 7.26. The Bertz CT molecular complexity index is 306. The second kappa shape index (κ2) is 3.82. The van der Waals surface area contributed by atoms with Crippen LogP contribution in [0, 0.1) is 6.92 Å². The van der Waals surface area contributed by atoms with Gasteiger partial charge in [-0.1, -0.05) is 5.16 Å². The van der Waals surface area contributed by atoms with Crippen molar-refractivity contribution in [3.63, 3.8) is 0 Å². The molecule has 12 heavy (non-hydrogen) atoms. The Kier molecular flexibility index (Phi) is 2.76. The van der Waals surface area contributed by atoms with Gasteiger partial charge < -0.3 is 10.3 Å². The second-order valence-corrected chi connectivity index (χ2v) is 2.54. The van der Waals surface area contributed by atoms with Crippen molar-refractivity contribution in [1.29, 1.82) is 0 Å². The highest BCUT2D eigenvalue weighted by Crippen LogP contribution is 1.97. The van der Waals surface area contributed by atoms with Gasteiger partial charge in [-0.2, -0.15) is 5.10 Å². The monoisotopic (exact) mass is 184 g/mol. The van der Waals surface area contributed by atoms with Crippen LogP contribution in [-0.2, 0) is 0 Å². The molecule has 0 amide bonds. The number of aromatic nitrogens is 1. The third kappa shape index (κ3) is 2.67. The minimum atomic E-state index is 0.113. The van der Waals surface area contributed by atoms with Gasteiger partial charge in [0.15, 0.2) is 10.9 Å². The van der Waals surface area contributed by atoms with Gasteiger partial charge in [0.05, 0.1) is 11.9 Å². The number of rotatable bonds is 2. The van der Waals surface area contributed by atoms with E-state index < -0.39 is 0 Å². The average Bonchev–Trinajstić information content (AvgIpc) is 2.35. The number of nitrogens with zero attached hydrogens (tertiary/aromatic N) is 2. The number of nitrogens with two attached hydrogens (primary N) is 1. The molecule has 0 aliphatic carbocycles. The summed E-state index contributed by atoms with van der Waals surface area (Å²) >= 11 is 4.52. The number of hydrazone groups is 1. The van der Waals surface area contributed by atoms with E-state index >= 15 is 0 Å². The molecular weight excluding hydrogens is 176 g/mol. The Morgan fingerprint density at radius 2 is 2.67 bits per heavy atom. The lowest BCUT2D eigenvalue weighted by Gasteiger charge is -1.90. The highest BCUT2D eigenvalue weighted by molar-refractivity contribution is 7.80. The number of thiocarbonyl (C=S) groups is 1. The van der Waals surface area contributed by atoms with Crippen LogP contribution < -0.4 is 11.2 Å². The summed E-state index contributed by atoms with van der Waals surface area (Å²) in [4.78, 5) is 0. The van der Waals surface area contributed by atoms with E-state index in [1.165, 1.54) is 6.21 Å². The van der Waals surface area contributed by atoms with Crippen molar-refractivity contribution in [2.45, 2.75) is 6.92 Å². The fourth-order valence-corrected chi connectivity index (χ4v) is 0.656. The van der Waals surface area contributed by atoms with Crippen molar-refractivity contribution < 1.29 is 4.52 Å². The molecule has 6 heteroatoms. The summed E-state index contributed by atoms with van der Waals surface area (Å²) in [5.41, 5.74) is 8.31. The van der Waals surface area contributed by atoms with Crippen molar-refractivity contribution in [3.05, 3.63) is 17.5 Å². The smallest absolute Gasteiger partial charge is 0.184 e. The maximum atomic E-state index is 5.12. The Morgan fingerprint density at radius 1 is 1.92 bits per heavy atom. The predicted octanol–water partition coefficient (Wildman–Crippen LogP) is 0.150. The normalized spacial score (nSPS) is 10.4. The Labute approximate surface area is 74.6 Å². The number of hydrogen-bond acceptors (Lipinski definition) is 4. The molecule has 1 heterocycles. The van der Waals surface area contributed by atoms with Crippen LogP contribution in [0.25, 0.3) is 0 Å². The maximum Gasteiger partial charge on any atom is 0.184 e. The average molecular weight is 184 g/mol. The molecule has 0 aliphatic heterocycles. The largest absolute Gasteiger partial charge is 0.375 e. The van der Waals surface area contributed by atoms with E-state index in [1.807, 2.05) is 6.92 Å². The highest BCUT2D eigenvalue weighted by Gasteiger charge is 1.94. The molecule has 1 rings (SSSR count). The number of aryl methyl sites for hydroxylation is 1. The topological polar surface area (TPSA) is 76.4 Å². The summed E-state index contributed by atoms with van der Waals surface area (Å²) in [6.45, 7) is 1.82. The van der Waals surface area contributed by atoms with Gasteiger partial charge in [-0.15, -0.1) is 0 Å². The molecule has 64 valence electrons. The molecule has 1 aromatic rings. The van der Waals surface area contributed by atoms with E-state index in [2.05, 4.69) is 27.9 Å². The molecule has 0 aromatic carbocycles. The molecule has 1 aromatic heterocycles.